The van der Waals surface area contributed by atoms with Gasteiger partial charge in [0.2, 0.25) is 5.91 Å². The molecule has 1 rings (SSSR count). The zero-order valence-electron chi connectivity index (χ0n) is 12.1. The summed E-state index contributed by atoms with van der Waals surface area (Å²) in [6, 6.07) is 5.55. The number of carbonyl (C=O) groups is 1. The number of nitrogens with zero attached hydrogens (tertiary/aromatic N) is 1. The van der Waals surface area contributed by atoms with Crippen LogP contribution in [0.25, 0.3) is 0 Å². The summed E-state index contributed by atoms with van der Waals surface area (Å²) in [6.07, 6.45) is 3.62. The van der Waals surface area contributed by atoms with Gasteiger partial charge < -0.3 is 14.4 Å². The highest BCUT2D eigenvalue weighted by Gasteiger charge is 2.14. The van der Waals surface area contributed by atoms with E-state index in [1.807, 2.05) is 12.1 Å². The summed E-state index contributed by atoms with van der Waals surface area (Å²) >= 11 is 0. The van der Waals surface area contributed by atoms with E-state index >= 15 is 0 Å². The molecule has 4 heteroatoms. The molecule has 0 aliphatic heterocycles. The van der Waals surface area contributed by atoms with Crippen LogP contribution < -0.4 is 9.47 Å². The number of hydrogen-bond acceptors (Lipinski definition) is 3. The van der Waals surface area contributed by atoms with E-state index in [0.717, 1.165) is 11.3 Å². The van der Waals surface area contributed by atoms with Crippen molar-refractivity contribution >= 4 is 5.91 Å². The first-order valence-electron chi connectivity index (χ1n) is 6.36. The van der Waals surface area contributed by atoms with Gasteiger partial charge in [0.05, 0.1) is 14.2 Å². The Labute approximate surface area is 120 Å². The maximum atomic E-state index is 12.0. The Balaban J connectivity index is 2.95. The van der Waals surface area contributed by atoms with Crippen molar-refractivity contribution < 1.29 is 14.3 Å². The van der Waals surface area contributed by atoms with Crippen LogP contribution in [-0.2, 0) is 11.3 Å². The summed E-state index contributed by atoms with van der Waals surface area (Å²) in [5, 5.41) is 0. The average molecular weight is 275 g/mol. The van der Waals surface area contributed by atoms with E-state index < -0.39 is 0 Å². The van der Waals surface area contributed by atoms with E-state index in [1.165, 1.54) is 0 Å². The molecule has 0 N–H and O–H groups in total. The molecule has 0 saturated heterocycles. The molecular formula is C16H21NO3. The van der Waals surface area contributed by atoms with Crippen molar-refractivity contribution in [2.45, 2.75) is 13.0 Å². The molecule has 0 saturated carbocycles. The highest BCUT2D eigenvalue weighted by atomic mass is 16.5. The van der Waals surface area contributed by atoms with E-state index in [-0.39, 0.29) is 5.91 Å². The first-order chi connectivity index (χ1) is 9.65. The van der Waals surface area contributed by atoms with Gasteiger partial charge in [-0.15, -0.1) is 13.2 Å². The second kappa shape index (κ2) is 8.04. The molecule has 4 nitrogen and oxygen atoms in total. The number of methoxy groups -OCH3 is 2. The van der Waals surface area contributed by atoms with Crippen LogP contribution in [0.4, 0.5) is 0 Å². The summed E-state index contributed by atoms with van der Waals surface area (Å²) in [6.45, 7) is 8.23. The standard InChI is InChI=1S/C16H21NO3/c1-5-7-16(18)17(10-6-2)12-13-8-9-14(19-3)11-15(13)20-4/h5-6,8-9,11H,1-2,7,10,12H2,3-4H3. The maximum absolute atomic E-state index is 12.0. The SMILES string of the molecule is C=CCC(=O)N(CC=C)Cc1ccc(OC)cc1OC. The Morgan fingerprint density at radius 3 is 2.55 bits per heavy atom. The fraction of sp³-hybridized carbons (Fsp3) is 0.312. The smallest absolute Gasteiger partial charge is 0.226 e. The normalized spacial score (nSPS) is 9.70. The van der Waals surface area contributed by atoms with E-state index in [9.17, 15) is 4.79 Å². The zero-order valence-corrected chi connectivity index (χ0v) is 12.1. The van der Waals surface area contributed by atoms with Gasteiger partial charge in [-0.2, -0.15) is 0 Å². The van der Waals surface area contributed by atoms with E-state index in [2.05, 4.69) is 13.2 Å². The average Bonchev–Trinajstić information content (AvgIpc) is 2.47. The molecule has 0 aliphatic carbocycles. The summed E-state index contributed by atoms with van der Waals surface area (Å²) in [7, 11) is 3.20. The molecule has 0 radical (unpaired) electrons. The molecular weight excluding hydrogens is 254 g/mol. The molecule has 20 heavy (non-hydrogen) atoms. The lowest BCUT2D eigenvalue weighted by Gasteiger charge is -2.22. The van der Waals surface area contributed by atoms with Crippen molar-refractivity contribution in [1.82, 2.24) is 4.90 Å². The maximum Gasteiger partial charge on any atom is 0.226 e. The molecule has 0 fully saturated rings. The molecule has 1 aromatic carbocycles. The van der Waals surface area contributed by atoms with Gasteiger partial charge in [0.15, 0.2) is 0 Å². The minimum absolute atomic E-state index is 0.0118. The zero-order chi connectivity index (χ0) is 15.0. The highest BCUT2D eigenvalue weighted by Crippen LogP contribution is 2.25. The Morgan fingerprint density at radius 2 is 2.00 bits per heavy atom. The van der Waals surface area contributed by atoms with Crippen molar-refractivity contribution in [2.75, 3.05) is 20.8 Å². The van der Waals surface area contributed by atoms with Crippen LogP contribution in [0.15, 0.2) is 43.5 Å². The van der Waals surface area contributed by atoms with Crippen LogP contribution in [0.2, 0.25) is 0 Å². The fourth-order valence-corrected chi connectivity index (χ4v) is 1.85. The van der Waals surface area contributed by atoms with Crippen LogP contribution in [0.1, 0.15) is 12.0 Å². The number of carbonyl (C=O) groups excluding carboxylic acids is 1. The van der Waals surface area contributed by atoms with Crippen molar-refractivity contribution in [3.05, 3.63) is 49.1 Å². The van der Waals surface area contributed by atoms with E-state index in [0.29, 0.717) is 25.3 Å². The van der Waals surface area contributed by atoms with Crippen LogP contribution in [0, 0.1) is 0 Å². The summed E-state index contributed by atoms with van der Waals surface area (Å²) < 4.78 is 10.5. The lowest BCUT2D eigenvalue weighted by atomic mass is 10.1. The molecule has 0 bridgehead atoms. The summed E-state index contributed by atoms with van der Waals surface area (Å²) in [4.78, 5) is 13.7. The Morgan fingerprint density at radius 1 is 1.25 bits per heavy atom. The molecule has 0 heterocycles. The second-order valence-corrected chi connectivity index (χ2v) is 4.23. The third-order valence-corrected chi connectivity index (χ3v) is 2.88. The lowest BCUT2D eigenvalue weighted by Crippen LogP contribution is -2.30. The topological polar surface area (TPSA) is 38.8 Å². The molecule has 0 unspecified atom stereocenters. The third kappa shape index (κ3) is 4.16. The van der Waals surface area contributed by atoms with Crippen molar-refractivity contribution in [1.29, 1.82) is 0 Å². The lowest BCUT2D eigenvalue weighted by molar-refractivity contribution is -0.130. The largest absolute Gasteiger partial charge is 0.497 e. The Hall–Kier alpha value is -2.23. The van der Waals surface area contributed by atoms with Crippen LogP contribution in [-0.4, -0.2) is 31.6 Å². The summed E-state index contributed by atoms with van der Waals surface area (Å²) in [5.41, 5.74) is 0.924. The molecule has 0 atom stereocenters. The van der Waals surface area contributed by atoms with Gasteiger partial charge >= 0.3 is 0 Å². The number of benzene rings is 1. The second-order valence-electron chi connectivity index (χ2n) is 4.23. The number of ether oxygens (including phenoxy) is 2. The minimum atomic E-state index is 0.0118. The quantitative estimate of drug-likeness (QED) is 0.685. The Bertz CT molecular complexity index is 483. The third-order valence-electron chi connectivity index (χ3n) is 2.88. The molecule has 108 valence electrons. The monoisotopic (exact) mass is 275 g/mol. The van der Waals surface area contributed by atoms with Crippen LogP contribution in [0.5, 0.6) is 11.5 Å². The van der Waals surface area contributed by atoms with Gasteiger partial charge in [-0.25, -0.2) is 0 Å². The van der Waals surface area contributed by atoms with Gasteiger partial charge in [0.1, 0.15) is 11.5 Å². The number of hydrogen-bond donors (Lipinski definition) is 0. The van der Waals surface area contributed by atoms with Crippen molar-refractivity contribution in [3.8, 4) is 11.5 Å². The first-order valence-corrected chi connectivity index (χ1v) is 6.36. The first kappa shape index (κ1) is 15.8. The predicted octanol–water partition coefficient (Wildman–Crippen LogP) is 2.79. The predicted molar refractivity (Wildman–Crippen MR) is 80.0 cm³/mol. The van der Waals surface area contributed by atoms with Gasteiger partial charge in [-0.05, 0) is 12.1 Å². The fourth-order valence-electron chi connectivity index (χ4n) is 1.85. The molecule has 0 spiro atoms. The van der Waals surface area contributed by atoms with Crippen molar-refractivity contribution in [2.24, 2.45) is 0 Å². The van der Waals surface area contributed by atoms with Crippen LogP contribution >= 0.6 is 0 Å². The molecule has 0 aromatic heterocycles. The molecule has 1 aromatic rings. The summed E-state index contributed by atoms with van der Waals surface area (Å²) in [5.74, 6) is 1.43. The number of rotatable bonds is 8. The van der Waals surface area contributed by atoms with Crippen LogP contribution in [0.3, 0.4) is 0 Å². The van der Waals surface area contributed by atoms with E-state index in [1.54, 1.807) is 37.3 Å². The van der Waals surface area contributed by atoms with Gasteiger partial charge in [0, 0.05) is 31.1 Å². The minimum Gasteiger partial charge on any atom is -0.497 e. The van der Waals surface area contributed by atoms with Gasteiger partial charge in [0.25, 0.3) is 0 Å². The Kier molecular flexibility index (Phi) is 6.37. The van der Waals surface area contributed by atoms with Crippen molar-refractivity contribution in [3.63, 3.8) is 0 Å². The molecule has 0 aliphatic rings. The van der Waals surface area contributed by atoms with Gasteiger partial charge in [-0.1, -0.05) is 12.2 Å². The van der Waals surface area contributed by atoms with E-state index in [4.69, 9.17) is 9.47 Å². The van der Waals surface area contributed by atoms with Gasteiger partial charge in [-0.3, -0.25) is 4.79 Å². The number of amides is 1. The molecule has 1 amide bonds. The highest BCUT2D eigenvalue weighted by molar-refractivity contribution is 5.77.